The fourth-order valence-corrected chi connectivity index (χ4v) is 3.39. The lowest BCUT2D eigenvalue weighted by Crippen LogP contribution is -2.01. The summed E-state index contributed by atoms with van der Waals surface area (Å²) in [6.07, 6.45) is 1.22. The first-order chi connectivity index (χ1) is 9.79. The van der Waals surface area contributed by atoms with Crippen molar-refractivity contribution in [1.29, 1.82) is 0 Å². The van der Waals surface area contributed by atoms with E-state index in [-0.39, 0.29) is 0 Å². The van der Waals surface area contributed by atoms with Gasteiger partial charge >= 0.3 is 0 Å². The lowest BCUT2D eigenvalue weighted by molar-refractivity contribution is 0.222. The highest BCUT2D eigenvalue weighted by Crippen LogP contribution is 2.36. The van der Waals surface area contributed by atoms with E-state index in [0.717, 1.165) is 34.8 Å². The Balaban J connectivity index is 1.92. The van der Waals surface area contributed by atoms with Crippen LogP contribution in [0.1, 0.15) is 35.5 Å². The van der Waals surface area contributed by atoms with Crippen molar-refractivity contribution < 1.29 is 14.6 Å². The van der Waals surface area contributed by atoms with Crippen LogP contribution in [-0.2, 0) is 6.42 Å². The van der Waals surface area contributed by atoms with Gasteiger partial charge in [0.25, 0.3) is 0 Å². The average molecular weight is 290 g/mol. The van der Waals surface area contributed by atoms with E-state index in [1.807, 2.05) is 23.6 Å². The molecule has 0 saturated heterocycles. The van der Waals surface area contributed by atoms with Crippen LogP contribution >= 0.6 is 11.3 Å². The van der Waals surface area contributed by atoms with Gasteiger partial charge in [-0.1, -0.05) is 13.0 Å². The van der Waals surface area contributed by atoms with Gasteiger partial charge in [-0.05, 0) is 41.1 Å². The van der Waals surface area contributed by atoms with E-state index < -0.39 is 6.10 Å². The first-order valence-corrected chi connectivity index (χ1v) is 7.81. The van der Waals surface area contributed by atoms with Gasteiger partial charge in [0.15, 0.2) is 11.5 Å². The Morgan fingerprint density at radius 2 is 2.00 bits per heavy atom. The molecule has 0 amide bonds. The zero-order chi connectivity index (χ0) is 13.9. The molecule has 106 valence electrons. The normalized spacial score (nSPS) is 15.7. The summed E-state index contributed by atoms with van der Waals surface area (Å²) in [5.41, 5.74) is 2.06. The van der Waals surface area contributed by atoms with Gasteiger partial charge in [0.2, 0.25) is 0 Å². The number of fused-ring (bicyclic) bond motifs is 1. The number of rotatable bonds is 3. The van der Waals surface area contributed by atoms with Crippen LogP contribution in [0.5, 0.6) is 11.5 Å². The number of hydrogen-bond acceptors (Lipinski definition) is 4. The van der Waals surface area contributed by atoms with Crippen LogP contribution in [0, 0.1) is 0 Å². The number of ether oxygens (including phenoxy) is 2. The maximum Gasteiger partial charge on any atom is 0.161 e. The Kier molecular flexibility index (Phi) is 3.94. The minimum absolute atomic E-state index is 0.595. The van der Waals surface area contributed by atoms with Gasteiger partial charge in [-0.2, -0.15) is 0 Å². The maximum atomic E-state index is 10.6. The molecule has 3 rings (SSSR count). The lowest BCUT2D eigenvalue weighted by Gasteiger charge is -2.14. The van der Waals surface area contributed by atoms with Crippen LogP contribution in [0.2, 0.25) is 0 Å². The molecule has 1 aliphatic rings. The molecule has 2 aromatic rings. The second-order valence-electron chi connectivity index (χ2n) is 4.82. The van der Waals surface area contributed by atoms with Crippen LogP contribution in [0.15, 0.2) is 29.6 Å². The molecule has 0 aliphatic carbocycles. The van der Waals surface area contributed by atoms with Crippen molar-refractivity contribution in [1.82, 2.24) is 0 Å². The molecule has 0 spiro atoms. The molecule has 1 aliphatic heterocycles. The highest BCUT2D eigenvalue weighted by molar-refractivity contribution is 7.10. The highest BCUT2D eigenvalue weighted by Gasteiger charge is 2.18. The molecule has 1 aromatic carbocycles. The van der Waals surface area contributed by atoms with Gasteiger partial charge in [0.1, 0.15) is 6.10 Å². The van der Waals surface area contributed by atoms with E-state index in [4.69, 9.17) is 9.47 Å². The van der Waals surface area contributed by atoms with E-state index >= 15 is 0 Å². The predicted octanol–water partition coefficient (Wildman–Crippen LogP) is 3.55. The molecular weight excluding hydrogens is 272 g/mol. The Morgan fingerprint density at radius 3 is 2.80 bits per heavy atom. The SMILES string of the molecule is CCc1ccsc1C(O)c1ccc2c(c1)OCCCO2. The Bertz CT molecular complexity index is 591. The number of aryl methyl sites for hydroxylation is 1. The summed E-state index contributed by atoms with van der Waals surface area (Å²) in [5, 5.41) is 12.6. The molecule has 2 heterocycles. The van der Waals surface area contributed by atoms with Crippen molar-refractivity contribution in [3.8, 4) is 11.5 Å². The van der Waals surface area contributed by atoms with Crippen molar-refractivity contribution in [2.75, 3.05) is 13.2 Å². The molecule has 0 bridgehead atoms. The molecule has 0 saturated carbocycles. The summed E-state index contributed by atoms with van der Waals surface area (Å²) in [4.78, 5) is 1.02. The topological polar surface area (TPSA) is 38.7 Å². The van der Waals surface area contributed by atoms with Crippen LogP contribution in [0.3, 0.4) is 0 Å². The van der Waals surface area contributed by atoms with Gasteiger partial charge in [0.05, 0.1) is 13.2 Å². The molecule has 1 unspecified atom stereocenters. The average Bonchev–Trinajstić information content (AvgIpc) is 2.83. The fourth-order valence-electron chi connectivity index (χ4n) is 2.38. The van der Waals surface area contributed by atoms with Gasteiger partial charge in [-0.15, -0.1) is 11.3 Å². The van der Waals surface area contributed by atoms with Crippen molar-refractivity contribution in [3.63, 3.8) is 0 Å². The molecule has 0 fully saturated rings. The van der Waals surface area contributed by atoms with Crippen LogP contribution in [0.4, 0.5) is 0 Å². The Hall–Kier alpha value is -1.52. The van der Waals surface area contributed by atoms with E-state index in [2.05, 4.69) is 13.0 Å². The smallest absolute Gasteiger partial charge is 0.161 e. The third-order valence-electron chi connectivity index (χ3n) is 3.50. The first-order valence-electron chi connectivity index (χ1n) is 6.93. The molecule has 1 aromatic heterocycles. The standard InChI is InChI=1S/C16H18O3S/c1-2-11-6-9-20-16(11)15(17)12-4-5-13-14(10-12)19-8-3-7-18-13/h4-6,9-10,15,17H,2-3,7-8H2,1H3. The molecule has 0 radical (unpaired) electrons. The summed E-state index contributed by atoms with van der Waals surface area (Å²) < 4.78 is 11.3. The fraction of sp³-hybridized carbons (Fsp3) is 0.375. The van der Waals surface area contributed by atoms with E-state index in [1.165, 1.54) is 5.56 Å². The number of aliphatic hydroxyl groups is 1. The second-order valence-corrected chi connectivity index (χ2v) is 5.77. The number of thiophene rings is 1. The zero-order valence-corrected chi connectivity index (χ0v) is 12.3. The summed E-state index contributed by atoms with van der Waals surface area (Å²) in [6.45, 7) is 3.44. The third kappa shape index (κ3) is 2.53. The van der Waals surface area contributed by atoms with Crippen molar-refractivity contribution in [3.05, 3.63) is 45.6 Å². The largest absolute Gasteiger partial charge is 0.490 e. The van der Waals surface area contributed by atoms with E-state index in [1.54, 1.807) is 11.3 Å². The van der Waals surface area contributed by atoms with Gasteiger partial charge in [-0.3, -0.25) is 0 Å². The minimum Gasteiger partial charge on any atom is -0.490 e. The Morgan fingerprint density at radius 1 is 1.20 bits per heavy atom. The molecule has 4 heteroatoms. The molecule has 20 heavy (non-hydrogen) atoms. The number of hydrogen-bond donors (Lipinski definition) is 1. The number of benzene rings is 1. The van der Waals surface area contributed by atoms with Crippen molar-refractivity contribution in [2.24, 2.45) is 0 Å². The maximum absolute atomic E-state index is 10.6. The van der Waals surface area contributed by atoms with Crippen molar-refractivity contribution in [2.45, 2.75) is 25.9 Å². The second kappa shape index (κ2) is 5.85. The Labute approximate surface area is 122 Å². The quantitative estimate of drug-likeness (QED) is 0.939. The zero-order valence-electron chi connectivity index (χ0n) is 11.5. The van der Waals surface area contributed by atoms with E-state index in [0.29, 0.717) is 13.2 Å². The monoisotopic (exact) mass is 290 g/mol. The number of aliphatic hydroxyl groups excluding tert-OH is 1. The third-order valence-corrected chi connectivity index (χ3v) is 4.51. The first kappa shape index (κ1) is 13.5. The van der Waals surface area contributed by atoms with Crippen LogP contribution in [-0.4, -0.2) is 18.3 Å². The van der Waals surface area contributed by atoms with E-state index in [9.17, 15) is 5.11 Å². The summed E-state index contributed by atoms with van der Waals surface area (Å²) in [6, 6.07) is 7.77. The molecule has 1 atom stereocenters. The summed E-state index contributed by atoms with van der Waals surface area (Å²) in [5.74, 6) is 1.49. The summed E-state index contributed by atoms with van der Waals surface area (Å²) >= 11 is 1.60. The minimum atomic E-state index is -0.595. The van der Waals surface area contributed by atoms with Gasteiger partial charge < -0.3 is 14.6 Å². The molecular formula is C16H18O3S. The molecule has 1 N–H and O–H groups in total. The predicted molar refractivity (Wildman–Crippen MR) is 79.8 cm³/mol. The van der Waals surface area contributed by atoms with Crippen molar-refractivity contribution >= 4 is 11.3 Å². The van der Waals surface area contributed by atoms with Gasteiger partial charge in [0, 0.05) is 11.3 Å². The summed E-state index contributed by atoms with van der Waals surface area (Å²) in [7, 11) is 0. The molecule has 3 nitrogen and oxygen atoms in total. The van der Waals surface area contributed by atoms with Crippen LogP contribution in [0.25, 0.3) is 0 Å². The van der Waals surface area contributed by atoms with Gasteiger partial charge in [-0.25, -0.2) is 0 Å². The van der Waals surface area contributed by atoms with Crippen LogP contribution < -0.4 is 9.47 Å². The highest BCUT2D eigenvalue weighted by atomic mass is 32.1. The lowest BCUT2D eigenvalue weighted by atomic mass is 10.0.